The molecule has 1 atom stereocenters. The Balaban J connectivity index is 1.18. The Hall–Kier alpha value is -6.42. The summed E-state index contributed by atoms with van der Waals surface area (Å²) in [5.41, 5.74) is 14.6. The van der Waals surface area contributed by atoms with Crippen molar-refractivity contribution in [2.24, 2.45) is 0 Å². The molecule has 52 heavy (non-hydrogen) atoms. The molecule has 0 N–H and O–H groups in total. The average molecular weight is 679 g/mol. The number of fused-ring (bicyclic) bond motifs is 15. The van der Waals surface area contributed by atoms with E-state index in [-0.39, 0.29) is 0 Å². The molecule has 0 saturated carbocycles. The van der Waals surface area contributed by atoms with Gasteiger partial charge in [-0.25, -0.2) is 0 Å². The first-order valence-electron chi connectivity index (χ1n) is 17.9. The Labute approximate surface area is 305 Å². The molecule has 8 aromatic carbocycles. The predicted molar refractivity (Wildman–Crippen MR) is 219 cm³/mol. The van der Waals surface area contributed by atoms with E-state index in [1.807, 2.05) is 11.3 Å². The molecule has 1 unspecified atom stereocenters. The third kappa shape index (κ3) is 3.53. The van der Waals surface area contributed by atoms with Gasteiger partial charge in [0.05, 0.1) is 22.1 Å². The standard InChI is InChI=1S/C49H30N2S/c1-2-13-31(14-3-1)50(32-26-28-47-39(29-32)37-17-6-11-24-46(37)52-47)33-25-27-35-34-15-4-7-19-40(34)49(43(35)30-33)41-20-8-10-23-45(41)51-44-22-9-5-16-36(44)38-18-12-21-42(49)48(38)51/h1-30H. The van der Waals surface area contributed by atoms with E-state index in [9.17, 15) is 0 Å². The minimum atomic E-state index is -0.502. The molecule has 0 fully saturated rings. The molecule has 1 spiro atoms. The monoisotopic (exact) mass is 678 g/mol. The maximum atomic E-state index is 2.52. The molecule has 2 nitrogen and oxygen atoms in total. The minimum Gasteiger partial charge on any atom is -0.310 e. The molecule has 3 heterocycles. The van der Waals surface area contributed by atoms with E-state index < -0.39 is 5.41 Å². The van der Waals surface area contributed by atoms with E-state index in [2.05, 4.69) is 191 Å². The number of hydrogen-bond donors (Lipinski definition) is 0. The second-order valence-corrected chi connectivity index (χ2v) is 15.1. The van der Waals surface area contributed by atoms with Crippen LogP contribution in [-0.2, 0) is 5.41 Å². The summed E-state index contributed by atoms with van der Waals surface area (Å²) in [4.78, 5) is 2.44. The van der Waals surface area contributed by atoms with Gasteiger partial charge in [0.25, 0.3) is 0 Å². The van der Waals surface area contributed by atoms with Crippen molar-refractivity contribution >= 4 is 70.4 Å². The molecular formula is C49H30N2S. The van der Waals surface area contributed by atoms with Gasteiger partial charge in [0, 0.05) is 48.0 Å². The first kappa shape index (κ1) is 28.3. The van der Waals surface area contributed by atoms with E-state index >= 15 is 0 Å². The Kier molecular flexibility index (Phi) is 5.62. The van der Waals surface area contributed by atoms with Crippen LogP contribution in [0.4, 0.5) is 17.1 Å². The van der Waals surface area contributed by atoms with Gasteiger partial charge < -0.3 is 9.47 Å². The first-order chi connectivity index (χ1) is 25.8. The lowest BCUT2D eigenvalue weighted by atomic mass is 9.65. The van der Waals surface area contributed by atoms with Crippen molar-refractivity contribution in [3.8, 4) is 16.8 Å². The lowest BCUT2D eigenvalue weighted by Gasteiger charge is -2.40. The van der Waals surface area contributed by atoms with Gasteiger partial charge in [-0.15, -0.1) is 11.3 Å². The van der Waals surface area contributed by atoms with Crippen molar-refractivity contribution in [3.05, 3.63) is 204 Å². The third-order valence-corrected chi connectivity index (χ3v) is 12.7. The van der Waals surface area contributed by atoms with Crippen molar-refractivity contribution in [3.63, 3.8) is 0 Å². The lowest BCUT2D eigenvalue weighted by molar-refractivity contribution is 0.748. The Bertz CT molecular complexity index is 3090. The van der Waals surface area contributed by atoms with Crippen LogP contribution in [0.5, 0.6) is 0 Å². The zero-order valence-corrected chi connectivity index (χ0v) is 28.9. The van der Waals surface area contributed by atoms with Gasteiger partial charge >= 0.3 is 0 Å². The molecule has 242 valence electrons. The molecule has 2 aliphatic rings. The highest BCUT2D eigenvalue weighted by atomic mass is 32.1. The number of para-hydroxylation sites is 4. The molecule has 12 rings (SSSR count). The maximum Gasteiger partial charge on any atom is 0.0755 e. The maximum absolute atomic E-state index is 2.52. The predicted octanol–water partition coefficient (Wildman–Crippen LogP) is 13.3. The number of hydrogen-bond acceptors (Lipinski definition) is 2. The second-order valence-electron chi connectivity index (χ2n) is 14.0. The fraction of sp³-hybridized carbons (Fsp3) is 0.0204. The van der Waals surface area contributed by atoms with Crippen molar-refractivity contribution in [1.82, 2.24) is 4.57 Å². The zero-order valence-electron chi connectivity index (χ0n) is 28.1. The van der Waals surface area contributed by atoms with E-state index in [0.717, 1.165) is 17.1 Å². The van der Waals surface area contributed by atoms with Gasteiger partial charge in [-0.1, -0.05) is 121 Å². The number of aromatic nitrogens is 1. The molecular weight excluding hydrogens is 649 g/mol. The molecule has 2 aromatic heterocycles. The van der Waals surface area contributed by atoms with Gasteiger partial charge in [-0.05, 0) is 94.0 Å². The van der Waals surface area contributed by atoms with Crippen molar-refractivity contribution in [2.75, 3.05) is 4.90 Å². The number of thiophene rings is 1. The van der Waals surface area contributed by atoms with E-state index in [1.165, 1.54) is 81.0 Å². The van der Waals surface area contributed by atoms with E-state index in [0.29, 0.717) is 0 Å². The van der Waals surface area contributed by atoms with Crippen LogP contribution in [0.2, 0.25) is 0 Å². The number of benzene rings is 8. The highest BCUT2D eigenvalue weighted by Gasteiger charge is 2.51. The zero-order chi connectivity index (χ0) is 34.0. The van der Waals surface area contributed by atoms with E-state index in [1.54, 1.807) is 0 Å². The fourth-order valence-corrected chi connectivity index (χ4v) is 10.7. The molecule has 0 saturated heterocycles. The van der Waals surface area contributed by atoms with Crippen LogP contribution >= 0.6 is 11.3 Å². The van der Waals surface area contributed by atoms with Crippen molar-refractivity contribution in [1.29, 1.82) is 0 Å². The number of nitrogens with zero attached hydrogens (tertiary/aromatic N) is 2. The largest absolute Gasteiger partial charge is 0.310 e. The van der Waals surface area contributed by atoms with Crippen LogP contribution in [-0.4, -0.2) is 4.57 Å². The van der Waals surface area contributed by atoms with Gasteiger partial charge in [0.15, 0.2) is 0 Å². The normalized spacial score (nSPS) is 15.4. The van der Waals surface area contributed by atoms with Crippen LogP contribution in [0.3, 0.4) is 0 Å². The Morgan fingerprint density at radius 1 is 0.404 bits per heavy atom. The quantitative estimate of drug-likeness (QED) is 0.181. The van der Waals surface area contributed by atoms with Gasteiger partial charge in [-0.2, -0.15) is 0 Å². The third-order valence-electron chi connectivity index (χ3n) is 11.6. The molecule has 1 aliphatic carbocycles. The summed E-state index contributed by atoms with van der Waals surface area (Å²) in [7, 11) is 0. The van der Waals surface area contributed by atoms with Crippen molar-refractivity contribution < 1.29 is 0 Å². The van der Waals surface area contributed by atoms with Crippen LogP contribution in [0.25, 0.3) is 58.8 Å². The van der Waals surface area contributed by atoms with Gasteiger partial charge in [-0.3, -0.25) is 0 Å². The summed E-state index contributed by atoms with van der Waals surface area (Å²) in [6.45, 7) is 0. The summed E-state index contributed by atoms with van der Waals surface area (Å²) < 4.78 is 5.14. The highest BCUT2D eigenvalue weighted by Crippen LogP contribution is 2.61. The van der Waals surface area contributed by atoms with E-state index in [4.69, 9.17) is 0 Å². The second kappa shape index (κ2) is 10.3. The average Bonchev–Trinajstić information content (AvgIpc) is 3.85. The summed E-state index contributed by atoms with van der Waals surface area (Å²) in [5.74, 6) is 0. The van der Waals surface area contributed by atoms with Crippen LogP contribution in [0.1, 0.15) is 22.3 Å². The van der Waals surface area contributed by atoms with Crippen LogP contribution in [0, 0.1) is 0 Å². The fourth-order valence-electron chi connectivity index (χ4n) is 9.57. The van der Waals surface area contributed by atoms with Crippen LogP contribution < -0.4 is 4.90 Å². The minimum absolute atomic E-state index is 0.502. The number of anilines is 3. The highest BCUT2D eigenvalue weighted by molar-refractivity contribution is 7.25. The molecule has 10 aromatic rings. The molecule has 3 heteroatoms. The Morgan fingerprint density at radius 3 is 1.98 bits per heavy atom. The summed E-state index contributed by atoms with van der Waals surface area (Å²) in [6, 6.07) is 67.8. The molecule has 0 bridgehead atoms. The first-order valence-corrected chi connectivity index (χ1v) is 18.8. The smallest absolute Gasteiger partial charge is 0.0755 e. The lowest BCUT2D eigenvalue weighted by Crippen LogP contribution is -2.33. The summed E-state index contributed by atoms with van der Waals surface area (Å²) >= 11 is 1.86. The SMILES string of the molecule is c1ccc(N(c2ccc3c(c2)C2(c4ccccc4-3)c3ccccc3-n3c4ccccc4c4cccc2c43)c2ccc3sc4ccccc4c3c2)cc1. The topological polar surface area (TPSA) is 8.17 Å². The van der Waals surface area contributed by atoms with Gasteiger partial charge in [0.1, 0.15) is 0 Å². The summed E-state index contributed by atoms with van der Waals surface area (Å²) in [6.07, 6.45) is 0. The molecule has 1 aliphatic heterocycles. The summed E-state index contributed by atoms with van der Waals surface area (Å²) in [5, 5.41) is 5.19. The van der Waals surface area contributed by atoms with Crippen molar-refractivity contribution in [2.45, 2.75) is 5.41 Å². The van der Waals surface area contributed by atoms with Crippen LogP contribution in [0.15, 0.2) is 182 Å². The number of rotatable bonds is 3. The molecule has 0 amide bonds. The van der Waals surface area contributed by atoms with Gasteiger partial charge in [0.2, 0.25) is 0 Å². The Morgan fingerprint density at radius 2 is 1.06 bits per heavy atom. The molecule has 0 radical (unpaired) electrons.